The molecule has 1 unspecified atom stereocenters. The monoisotopic (exact) mass is 171 g/mol. The van der Waals surface area contributed by atoms with E-state index < -0.39 is 0 Å². The lowest BCUT2D eigenvalue weighted by molar-refractivity contribution is -0.138. The molecule has 1 aliphatic rings. The first-order valence-corrected chi connectivity index (χ1v) is 4.48. The maximum absolute atomic E-state index is 11.0. The van der Waals surface area contributed by atoms with Crippen molar-refractivity contribution >= 4 is 5.91 Å². The largest absolute Gasteiger partial charge is 0.374 e. The van der Waals surface area contributed by atoms with Gasteiger partial charge in [-0.05, 0) is 5.92 Å². The quantitative estimate of drug-likeness (QED) is 0.586. The lowest BCUT2D eigenvalue weighted by atomic mass is 10.1. The molecule has 1 rings (SSSR count). The molecule has 3 nitrogen and oxygen atoms in total. The lowest BCUT2D eigenvalue weighted by Gasteiger charge is -2.34. The van der Waals surface area contributed by atoms with Crippen LogP contribution in [0.25, 0.3) is 0 Å². The summed E-state index contributed by atoms with van der Waals surface area (Å²) in [6.45, 7) is 8.04. The Morgan fingerprint density at radius 1 is 1.58 bits per heavy atom. The van der Waals surface area contributed by atoms with Gasteiger partial charge in [-0.2, -0.15) is 0 Å². The van der Waals surface area contributed by atoms with Gasteiger partial charge in [0.2, 0.25) is 5.91 Å². The molecule has 0 aromatic heterocycles. The second-order valence-electron chi connectivity index (χ2n) is 3.62. The normalized spacial score (nSPS) is 24.7. The smallest absolute Gasteiger partial charge is 0.219 e. The van der Waals surface area contributed by atoms with E-state index in [2.05, 4.69) is 13.8 Å². The van der Waals surface area contributed by atoms with Crippen LogP contribution >= 0.6 is 0 Å². The van der Waals surface area contributed by atoms with Gasteiger partial charge >= 0.3 is 0 Å². The van der Waals surface area contributed by atoms with Gasteiger partial charge in [-0.25, -0.2) is 0 Å². The standard InChI is InChI=1S/C9H17NO2/c1-7(2)9-6-10(8(3)11)4-5-12-9/h7,9H,4-6H2,1-3H3. The third-order valence-corrected chi connectivity index (χ3v) is 2.28. The number of hydrogen-bond donors (Lipinski definition) is 0. The fourth-order valence-corrected chi connectivity index (χ4v) is 1.36. The van der Waals surface area contributed by atoms with Crippen molar-refractivity contribution in [3.63, 3.8) is 0 Å². The molecular weight excluding hydrogens is 154 g/mol. The van der Waals surface area contributed by atoms with Gasteiger partial charge in [-0.15, -0.1) is 0 Å². The highest BCUT2D eigenvalue weighted by atomic mass is 16.5. The van der Waals surface area contributed by atoms with Crippen molar-refractivity contribution in [3.05, 3.63) is 0 Å². The number of nitrogens with zero attached hydrogens (tertiary/aromatic N) is 1. The van der Waals surface area contributed by atoms with Crippen molar-refractivity contribution in [2.45, 2.75) is 26.9 Å². The van der Waals surface area contributed by atoms with Crippen LogP contribution < -0.4 is 0 Å². The van der Waals surface area contributed by atoms with Gasteiger partial charge in [0.05, 0.1) is 12.7 Å². The van der Waals surface area contributed by atoms with Crippen LogP contribution in [0.1, 0.15) is 20.8 Å². The zero-order valence-electron chi connectivity index (χ0n) is 8.04. The summed E-state index contributed by atoms with van der Waals surface area (Å²) in [5, 5.41) is 0. The molecule has 12 heavy (non-hydrogen) atoms. The zero-order chi connectivity index (χ0) is 9.14. The first-order chi connectivity index (χ1) is 5.61. The molecule has 1 aliphatic heterocycles. The third kappa shape index (κ3) is 2.21. The number of ether oxygens (including phenoxy) is 1. The minimum Gasteiger partial charge on any atom is -0.374 e. The van der Waals surface area contributed by atoms with E-state index in [1.165, 1.54) is 0 Å². The number of carbonyl (C=O) groups excluding carboxylic acids is 1. The lowest BCUT2D eigenvalue weighted by Crippen LogP contribution is -2.46. The Balaban J connectivity index is 2.46. The SMILES string of the molecule is CC(=O)N1CCOC(C(C)C)C1. The fraction of sp³-hybridized carbons (Fsp3) is 0.889. The molecule has 70 valence electrons. The van der Waals surface area contributed by atoms with E-state index in [9.17, 15) is 4.79 Å². The number of amides is 1. The van der Waals surface area contributed by atoms with Crippen molar-refractivity contribution in [2.75, 3.05) is 19.7 Å². The van der Waals surface area contributed by atoms with Gasteiger partial charge in [0.15, 0.2) is 0 Å². The van der Waals surface area contributed by atoms with Gasteiger partial charge in [0.25, 0.3) is 0 Å². The van der Waals surface area contributed by atoms with Crippen LogP contribution in [-0.2, 0) is 9.53 Å². The third-order valence-electron chi connectivity index (χ3n) is 2.28. The van der Waals surface area contributed by atoms with E-state index in [0.717, 1.165) is 13.1 Å². The molecule has 1 atom stereocenters. The minimum atomic E-state index is 0.156. The zero-order valence-corrected chi connectivity index (χ0v) is 8.04. The molecule has 0 spiro atoms. The van der Waals surface area contributed by atoms with E-state index in [0.29, 0.717) is 12.5 Å². The number of morpholine rings is 1. The van der Waals surface area contributed by atoms with Crippen molar-refractivity contribution in [2.24, 2.45) is 5.92 Å². The molecule has 0 N–H and O–H groups in total. The molecule has 0 aliphatic carbocycles. The second-order valence-corrected chi connectivity index (χ2v) is 3.62. The van der Waals surface area contributed by atoms with Gasteiger partial charge in [-0.1, -0.05) is 13.8 Å². The highest BCUT2D eigenvalue weighted by Gasteiger charge is 2.23. The van der Waals surface area contributed by atoms with E-state index in [-0.39, 0.29) is 12.0 Å². The first-order valence-electron chi connectivity index (χ1n) is 4.48. The Labute approximate surface area is 73.7 Å². The van der Waals surface area contributed by atoms with Gasteiger partial charge < -0.3 is 9.64 Å². The minimum absolute atomic E-state index is 0.156. The Morgan fingerprint density at radius 2 is 2.25 bits per heavy atom. The van der Waals surface area contributed by atoms with Crippen LogP contribution in [0.5, 0.6) is 0 Å². The van der Waals surface area contributed by atoms with Gasteiger partial charge in [0.1, 0.15) is 0 Å². The number of carbonyl (C=O) groups is 1. The average molecular weight is 171 g/mol. The highest BCUT2D eigenvalue weighted by Crippen LogP contribution is 2.12. The van der Waals surface area contributed by atoms with Crippen molar-refractivity contribution in [3.8, 4) is 0 Å². The molecule has 3 heteroatoms. The summed E-state index contributed by atoms with van der Waals surface area (Å²) < 4.78 is 5.53. The maximum Gasteiger partial charge on any atom is 0.219 e. The summed E-state index contributed by atoms with van der Waals surface area (Å²) >= 11 is 0. The molecule has 1 saturated heterocycles. The van der Waals surface area contributed by atoms with Crippen molar-refractivity contribution in [1.29, 1.82) is 0 Å². The molecule has 0 bridgehead atoms. The van der Waals surface area contributed by atoms with Crippen LogP contribution in [0.4, 0.5) is 0 Å². The fourth-order valence-electron chi connectivity index (χ4n) is 1.36. The summed E-state index contributed by atoms with van der Waals surface area (Å²) in [5.74, 6) is 0.649. The average Bonchev–Trinajstić information content (AvgIpc) is 2.04. The van der Waals surface area contributed by atoms with Crippen LogP contribution in [0.2, 0.25) is 0 Å². The molecule has 0 aromatic rings. The second kappa shape index (κ2) is 3.90. The highest BCUT2D eigenvalue weighted by molar-refractivity contribution is 5.73. The van der Waals surface area contributed by atoms with Crippen LogP contribution in [0.3, 0.4) is 0 Å². The van der Waals surface area contributed by atoms with E-state index in [1.807, 2.05) is 4.90 Å². The Kier molecular flexibility index (Phi) is 3.09. The summed E-state index contributed by atoms with van der Waals surface area (Å²) in [5.41, 5.74) is 0. The predicted octanol–water partition coefficient (Wildman–Crippen LogP) is 0.890. The Bertz CT molecular complexity index is 168. The Morgan fingerprint density at radius 3 is 2.75 bits per heavy atom. The summed E-state index contributed by atoms with van der Waals surface area (Å²) in [4.78, 5) is 12.9. The summed E-state index contributed by atoms with van der Waals surface area (Å²) in [6.07, 6.45) is 0.225. The molecule has 1 fully saturated rings. The summed E-state index contributed by atoms with van der Waals surface area (Å²) in [6, 6.07) is 0. The van der Waals surface area contributed by atoms with Crippen LogP contribution in [-0.4, -0.2) is 36.6 Å². The molecule has 0 radical (unpaired) electrons. The summed E-state index contributed by atoms with van der Waals surface area (Å²) in [7, 11) is 0. The number of rotatable bonds is 1. The van der Waals surface area contributed by atoms with Crippen LogP contribution in [0, 0.1) is 5.92 Å². The van der Waals surface area contributed by atoms with E-state index in [1.54, 1.807) is 6.92 Å². The molecule has 1 heterocycles. The topological polar surface area (TPSA) is 29.5 Å². The van der Waals surface area contributed by atoms with Crippen LogP contribution in [0.15, 0.2) is 0 Å². The molecular formula is C9H17NO2. The maximum atomic E-state index is 11.0. The molecule has 1 amide bonds. The Hall–Kier alpha value is -0.570. The van der Waals surface area contributed by atoms with Crippen molar-refractivity contribution in [1.82, 2.24) is 4.90 Å². The van der Waals surface area contributed by atoms with Crippen molar-refractivity contribution < 1.29 is 9.53 Å². The number of hydrogen-bond acceptors (Lipinski definition) is 2. The first kappa shape index (κ1) is 9.52. The van der Waals surface area contributed by atoms with E-state index >= 15 is 0 Å². The van der Waals surface area contributed by atoms with Gasteiger partial charge in [0, 0.05) is 20.0 Å². The van der Waals surface area contributed by atoms with Gasteiger partial charge in [-0.3, -0.25) is 4.79 Å². The molecule has 0 aromatic carbocycles. The van der Waals surface area contributed by atoms with E-state index in [4.69, 9.17) is 4.74 Å². The predicted molar refractivity (Wildman–Crippen MR) is 46.8 cm³/mol. The molecule has 0 saturated carbocycles.